The molecule has 0 aliphatic rings. The normalized spacial score (nSPS) is 10.9. The highest BCUT2D eigenvalue weighted by molar-refractivity contribution is 9.11. The zero-order valence-electron chi connectivity index (χ0n) is 16.3. The molecule has 5 rings (SSSR count). The lowest BCUT2D eigenvalue weighted by Crippen LogP contribution is -2.09. The Morgan fingerprint density at radius 2 is 0.871 bits per heavy atom. The van der Waals surface area contributed by atoms with E-state index in [4.69, 9.17) is 0 Å². The van der Waals surface area contributed by atoms with Crippen LogP contribution in [0.3, 0.4) is 0 Å². The standard InChI is InChI=1S/C26H17Br2NS2/c27-25-16-14-23(30-25)18-6-10-21(11-7-18)29(20-4-2-1-3-5-20)22-12-8-19(9-13-22)24-15-17-26(28)31-24/h1-17H. The van der Waals surface area contributed by atoms with E-state index in [9.17, 15) is 0 Å². The van der Waals surface area contributed by atoms with Gasteiger partial charge in [0.25, 0.3) is 0 Å². The molecule has 5 aromatic rings. The molecule has 0 atom stereocenters. The number of thiophene rings is 2. The summed E-state index contributed by atoms with van der Waals surface area (Å²) in [5.74, 6) is 0. The Hall–Kier alpha value is -2.18. The van der Waals surface area contributed by atoms with Crippen molar-refractivity contribution in [3.8, 4) is 20.9 Å². The average Bonchev–Trinajstić information content (AvgIpc) is 3.44. The molecule has 0 amide bonds. The molecule has 0 unspecified atom stereocenters. The second kappa shape index (κ2) is 9.13. The van der Waals surface area contributed by atoms with Crippen LogP contribution in [0.2, 0.25) is 0 Å². The van der Waals surface area contributed by atoms with Crippen LogP contribution in [0.1, 0.15) is 0 Å². The Morgan fingerprint density at radius 1 is 0.452 bits per heavy atom. The van der Waals surface area contributed by atoms with Crippen molar-refractivity contribution in [3.05, 3.63) is 111 Å². The minimum atomic E-state index is 1.14. The van der Waals surface area contributed by atoms with Gasteiger partial charge in [-0.3, -0.25) is 0 Å². The zero-order chi connectivity index (χ0) is 21.2. The fraction of sp³-hybridized carbons (Fsp3) is 0. The maximum atomic E-state index is 3.56. The molecule has 0 saturated heterocycles. The predicted octanol–water partition coefficient (Wildman–Crippen LogP) is 10.1. The van der Waals surface area contributed by atoms with Gasteiger partial charge in [-0.25, -0.2) is 0 Å². The predicted molar refractivity (Wildman–Crippen MR) is 143 cm³/mol. The summed E-state index contributed by atoms with van der Waals surface area (Å²) < 4.78 is 2.30. The molecule has 152 valence electrons. The molecule has 1 nitrogen and oxygen atoms in total. The van der Waals surface area contributed by atoms with E-state index in [-0.39, 0.29) is 0 Å². The van der Waals surface area contributed by atoms with Crippen molar-refractivity contribution < 1.29 is 0 Å². The molecule has 2 aromatic heterocycles. The van der Waals surface area contributed by atoms with Gasteiger partial charge in [-0.2, -0.15) is 0 Å². The van der Waals surface area contributed by atoms with Crippen LogP contribution in [0.15, 0.2) is 111 Å². The fourth-order valence-corrected chi connectivity index (χ4v) is 6.30. The number of benzene rings is 3. The summed E-state index contributed by atoms with van der Waals surface area (Å²) >= 11 is 10.6. The van der Waals surface area contributed by atoms with E-state index in [1.54, 1.807) is 22.7 Å². The number of hydrogen-bond donors (Lipinski definition) is 0. The van der Waals surface area contributed by atoms with Gasteiger partial charge in [0.05, 0.1) is 7.57 Å². The molecule has 0 spiro atoms. The Bertz CT molecular complexity index is 1210. The van der Waals surface area contributed by atoms with Gasteiger partial charge in [0, 0.05) is 26.8 Å². The van der Waals surface area contributed by atoms with Gasteiger partial charge in [0.1, 0.15) is 0 Å². The summed E-state index contributed by atoms with van der Waals surface area (Å²) in [6.45, 7) is 0. The molecular weight excluding hydrogens is 550 g/mol. The van der Waals surface area contributed by atoms with E-state index < -0.39 is 0 Å². The lowest BCUT2D eigenvalue weighted by atomic mass is 10.1. The third-order valence-corrected chi connectivity index (χ3v) is 8.33. The maximum absolute atomic E-state index is 3.56. The van der Waals surface area contributed by atoms with E-state index in [0.717, 1.165) is 24.6 Å². The first-order valence-electron chi connectivity index (χ1n) is 9.74. The van der Waals surface area contributed by atoms with Crippen molar-refractivity contribution in [1.29, 1.82) is 0 Å². The first-order chi connectivity index (χ1) is 15.2. The molecule has 5 heteroatoms. The van der Waals surface area contributed by atoms with Crippen molar-refractivity contribution >= 4 is 71.6 Å². The van der Waals surface area contributed by atoms with Crippen LogP contribution in [-0.4, -0.2) is 0 Å². The van der Waals surface area contributed by atoms with Crippen molar-refractivity contribution in [3.63, 3.8) is 0 Å². The Balaban J connectivity index is 1.52. The molecule has 31 heavy (non-hydrogen) atoms. The molecule has 3 aromatic carbocycles. The summed E-state index contributed by atoms with van der Waals surface area (Å²) in [6, 6.07) is 36.6. The lowest BCUT2D eigenvalue weighted by Gasteiger charge is -2.25. The topological polar surface area (TPSA) is 3.24 Å². The highest BCUT2D eigenvalue weighted by Gasteiger charge is 2.13. The van der Waals surface area contributed by atoms with Gasteiger partial charge in [-0.15, -0.1) is 22.7 Å². The highest BCUT2D eigenvalue weighted by Crippen LogP contribution is 2.38. The maximum Gasteiger partial charge on any atom is 0.0705 e. The average molecular weight is 567 g/mol. The van der Waals surface area contributed by atoms with Crippen LogP contribution in [0.25, 0.3) is 20.9 Å². The van der Waals surface area contributed by atoms with Crippen molar-refractivity contribution in [1.82, 2.24) is 0 Å². The van der Waals surface area contributed by atoms with Gasteiger partial charge in [-0.05, 0) is 104 Å². The van der Waals surface area contributed by atoms with E-state index in [1.807, 2.05) is 0 Å². The summed E-state index contributed by atoms with van der Waals surface area (Å²) in [7, 11) is 0. The van der Waals surface area contributed by atoms with Crippen LogP contribution in [0.4, 0.5) is 17.1 Å². The number of para-hydroxylation sites is 1. The van der Waals surface area contributed by atoms with Gasteiger partial charge in [0.15, 0.2) is 0 Å². The third-order valence-electron chi connectivity index (χ3n) is 4.98. The van der Waals surface area contributed by atoms with E-state index >= 15 is 0 Å². The van der Waals surface area contributed by atoms with Crippen molar-refractivity contribution in [2.24, 2.45) is 0 Å². The van der Waals surface area contributed by atoms with Crippen LogP contribution >= 0.6 is 54.5 Å². The Kier molecular flexibility index (Phi) is 6.10. The zero-order valence-corrected chi connectivity index (χ0v) is 21.1. The third kappa shape index (κ3) is 4.55. The molecular formula is C26H17Br2NS2. The lowest BCUT2D eigenvalue weighted by molar-refractivity contribution is 1.28. The number of hydrogen-bond acceptors (Lipinski definition) is 3. The second-order valence-corrected chi connectivity index (χ2v) is 11.9. The molecule has 0 N–H and O–H groups in total. The molecule has 0 aliphatic carbocycles. The van der Waals surface area contributed by atoms with Gasteiger partial charge in [0.2, 0.25) is 0 Å². The Labute approximate surface area is 206 Å². The molecule has 0 bridgehead atoms. The van der Waals surface area contributed by atoms with Crippen LogP contribution in [0, 0.1) is 0 Å². The smallest absolute Gasteiger partial charge is 0.0705 e. The first kappa shape index (κ1) is 20.7. The molecule has 0 aliphatic heterocycles. The SMILES string of the molecule is Brc1ccc(-c2ccc(N(c3ccccc3)c3ccc(-c4ccc(Br)s4)cc3)cc2)s1. The van der Waals surface area contributed by atoms with Gasteiger partial charge < -0.3 is 4.90 Å². The largest absolute Gasteiger partial charge is 0.311 e. The van der Waals surface area contributed by atoms with Crippen molar-refractivity contribution in [2.75, 3.05) is 4.90 Å². The Morgan fingerprint density at radius 3 is 1.26 bits per heavy atom. The first-order valence-corrected chi connectivity index (χ1v) is 13.0. The minimum absolute atomic E-state index is 1.14. The number of halogens is 2. The quantitative estimate of drug-likeness (QED) is 0.204. The monoisotopic (exact) mass is 565 g/mol. The fourth-order valence-electron chi connectivity index (χ4n) is 3.51. The number of anilines is 3. The van der Waals surface area contributed by atoms with Crippen LogP contribution < -0.4 is 4.90 Å². The van der Waals surface area contributed by atoms with E-state index in [1.165, 1.54) is 20.9 Å². The summed E-state index contributed by atoms with van der Waals surface area (Å²) in [5, 5.41) is 0. The summed E-state index contributed by atoms with van der Waals surface area (Å²) in [5.41, 5.74) is 5.87. The summed E-state index contributed by atoms with van der Waals surface area (Å²) in [4.78, 5) is 4.81. The number of rotatable bonds is 5. The second-order valence-electron chi connectivity index (χ2n) is 6.97. The number of nitrogens with zero attached hydrogens (tertiary/aromatic N) is 1. The minimum Gasteiger partial charge on any atom is -0.311 e. The van der Waals surface area contributed by atoms with Gasteiger partial charge >= 0.3 is 0 Å². The van der Waals surface area contributed by atoms with Crippen LogP contribution in [-0.2, 0) is 0 Å². The molecule has 0 fully saturated rings. The molecule has 0 saturated carbocycles. The van der Waals surface area contributed by atoms with Gasteiger partial charge in [-0.1, -0.05) is 42.5 Å². The highest BCUT2D eigenvalue weighted by atomic mass is 79.9. The molecule has 0 radical (unpaired) electrons. The summed E-state index contributed by atoms with van der Waals surface area (Å²) in [6.07, 6.45) is 0. The van der Waals surface area contributed by atoms with E-state index in [0.29, 0.717) is 0 Å². The van der Waals surface area contributed by atoms with Crippen LogP contribution in [0.5, 0.6) is 0 Å². The molecule has 2 heterocycles. The van der Waals surface area contributed by atoms with Crippen molar-refractivity contribution in [2.45, 2.75) is 0 Å². The van der Waals surface area contributed by atoms with E-state index in [2.05, 4.69) is 140 Å².